The van der Waals surface area contributed by atoms with Crippen molar-refractivity contribution >= 4 is 21.7 Å². The molecular weight excluding hydrogens is 390 g/mol. The molecule has 1 aromatic rings. The van der Waals surface area contributed by atoms with E-state index in [1.807, 2.05) is 30.0 Å². The predicted molar refractivity (Wildman–Crippen MR) is 108 cm³/mol. The summed E-state index contributed by atoms with van der Waals surface area (Å²) >= 11 is 0. The number of hydrogen-bond donors (Lipinski definition) is 0. The number of benzene rings is 1. The number of piperazine rings is 1. The molecule has 2 amide bonds. The van der Waals surface area contributed by atoms with Crippen molar-refractivity contribution in [2.24, 2.45) is 0 Å². The molecule has 1 aliphatic heterocycles. The summed E-state index contributed by atoms with van der Waals surface area (Å²) in [5, 5.41) is 8.98. The van der Waals surface area contributed by atoms with Crippen LogP contribution in [0.25, 0.3) is 0 Å². The smallest absolute Gasteiger partial charge is 0.237 e. The van der Waals surface area contributed by atoms with Crippen molar-refractivity contribution in [1.82, 2.24) is 9.80 Å². The van der Waals surface area contributed by atoms with Crippen molar-refractivity contribution in [3.8, 4) is 6.07 Å². The maximum atomic E-state index is 12.6. The summed E-state index contributed by atoms with van der Waals surface area (Å²) < 4.78 is 23.4. The average Bonchev–Trinajstić information content (AvgIpc) is 2.66. The van der Waals surface area contributed by atoms with Crippen LogP contribution >= 0.6 is 0 Å². The topological polar surface area (TPSA) is 98.6 Å². The third-order valence-corrected chi connectivity index (χ3v) is 7.30. The van der Waals surface area contributed by atoms with Crippen LogP contribution in [-0.4, -0.2) is 61.0 Å². The van der Waals surface area contributed by atoms with Crippen molar-refractivity contribution in [1.29, 1.82) is 5.26 Å². The van der Waals surface area contributed by atoms with Crippen molar-refractivity contribution in [3.05, 3.63) is 29.8 Å². The highest BCUT2D eigenvalue weighted by Crippen LogP contribution is 2.40. The number of rotatable bonds is 3. The Balaban J connectivity index is 1.88. The first kappa shape index (κ1) is 21.3. The van der Waals surface area contributed by atoms with E-state index >= 15 is 0 Å². The van der Waals surface area contributed by atoms with Gasteiger partial charge in [-0.25, -0.2) is 8.42 Å². The molecule has 0 aromatic heterocycles. The fraction of sp³-hybridized carbons (Fsp3) is 0.571. The summed E-state index contributed by atoms with van der Waals surface area (Å²) in [5.41, 5.74) is 1.04. The zero-order valence-electron chi connectivity index (χ0n) is 17.0. The normalized spacial score (nSPS) is 27.1. The second-order valence-electron chi connectivity index (χ2n) is 8.14. The molecule has 3 unspecified atom stereocenters. The van der Waals surface area contributed by atoms with E-state index in [-0.39, 0.29) is 47.2 Å². The van der Waals surface area contributed by atoms with Crippen LogP contribution < -0.4 is 0 Å². The number of nitriles is 1. The van der Waals surface area contributed by atoms with Crippen LogP contribution in [0.2, 0.25) is 0 Å². The van der Waals surface area contributed by atoms with E-state index in [1.54, 1.807) is 24.0 Å². The lowest BCUT2D eigenvalue weighted by molar-refractivity contribution is -0.152. The third-order valence-electron chi connectivity index (χ3n) is 6.17. The Labute approximate surface area is 172 Å². The highest BCUT2D eigenvalue weighted by Gasteiger charge is 2.46. The highest BCUT2D eigenvalue weighted by molar-refractivity contribution is 7.90. The van der Waals surface area contributed by atoms with Crippen LogP contribution in [0.15, 0.2) is 29.2 Å². The Kier molecular flexibility index (Phi) is 5.99. The summed E-state index contributed by atoms with van der Waals surface area (Å²) in [6.07, 6.45) is 3.34. The maximum Gasteiger partial charge on any atom is 0.237 e. The third kappa shape index (κ3) is 4.30. The van der Waals surface area contributed by atoms with E-state index in [2.05, 4.69) is 0 Å². The average molecular weight is 418 g/mol. The van der Waals surface area contributed by atoms with Gasteiger partial charge in [0.15, 0.2) is 9.84 Å². The van der Waals surface area contributed by atoms with Gasteiger partial charge >= 0.3 is 0 Å². The molecule has 0 N–H and O–H groups in total. The molecule has 0 bridgehead atoms. The first-order valence-corrected chi connectivity index (χ1v) is 11.8. The molecule has 3 rings (SSSR count). The van der Waals surface area contributed by atoms with Gasteiger partial charge in [0.2, 0.25) is 11.8 Å². The lowest BCUT2D eigenvalue weighted by Crippen LogP contribution is -2.66. The number of fused-ring (bicyclic) bond motifs is 1. The number of carbonyl (C=O) groups excluding carboxylic acids is 2. The van der Waals surface area contributed by atoms with E-state index < -0.39 is 9.84 Å². The summed E-state index contributed by atoms with van der Waals surface area (Å²) in [7, 11) is -3.25. The number of hydrogen-bond acceptors (Lipinski definition) is 5. The minimum Gasteiger partial charge on any atom is -0.335 e. The highest BCUT2D eigenvalue weighted by atomic mass is 32.2. The molecule has 156 valence electrons. The molecule has 4 atom stereocenters. The van der Waals surface area contributed by atoms with E-state index in [1.165, 1.54) is 6.26 Å². The fourth-order valence-electron chi connectivity index (χ4n) is 4.91. The molecule has 7 nitrogen and oxygen atoms in total. The van der Waals surface area contributed by atoms with Crippen LogP contribution in [0, 0.1) is 11.3 Å². The Hall–Kier alpha value is -2.40. The second kappa shape index (κ2) is 8.15. The summed E-state index contributed by atoms with van der Waals surface area (Å²) in [6.45, 7) is 3.94. The summed E-state index contributed by atoms with van der Waals surface area (Å²) in [6, 6.07) is 8.62. The van der Waals surface area contributed by atoms with Gasteiger partial charge < -0.3 is 9.80 Å². The van der Waals surface area contributed by atoms with Gasteiger partial charge in [-0.05, 0) is 49.8 Å². The quantitative estimate of drug-likeness (QED) is 0.750. The molecule has 0 radical (unpaired) electrons. The number of carbonyl (C=O) groups is 2. The van der Waals surface area contributed by atoms with E-state index in [4.69, 9.17) is 5.26 Å². The van der Waals surface area contributed by atoms with Crippen LogP contribution in [0.5, 0.6) is 0 Å². The molecule has 8 heteroatoms. The molecule has 1 aromatic carbocycles. The van der Waals surface area contributed by atoms with Gasteiger partial charge in [0, 0.05) is 25.8 Å². The molecule has 1 aliphatic carbocycles. The zero-order chi connectivity index (χ0) is 21.3. The second-order valence-corrected chi connectivity index (χ2v) is 10.2. The minimum absolute atomic E-state index is 0.0100. The van der Waals surface area contributed by atoms with E-state index in [0.29, 0.717) is 13.0 Å². The first-order valence-electron chi connectivity index (χ1n) is 9.88. The van der Waals surface area contributed by atoms with Gasteiger partial charge in [-0.2, -0.15) is 5.26 Å². The van der Waals surface area contributed by atoms with Crippen LogP contribution in [-0.2, 0) is 19.4 Å². The van der Waals surface area contributed by atoms with E-state index in [0.717, 1.165) is 18.4 Å². The standard InChI is InChI=1S/C21H27N3O4S/c1-14-13-23(21(26)10-11-22)20-12-17(6-9-19(20)24(14)15(2)25)16-4-7-18(8-5-16)29(3,27)28/h4-5,7-8,14,17,19-20H,6,9-10,12-13H2,1-3H3/t14-,17?,19?,20?/m0/s1. The van der Waals surface area contributed by atoms with Crippen molar-refractivity contribution in [2.45, 2.75) is 68.5 Å². The molecule has 0 spiro atoms. The SMILES string of the molecule is CC(=O)N1C2CCC(c3ccc(S(C)(=O)=O)cc3)CC2N(C(=O)CC#N)C[C@@H]1C. The van der Waals surface area contributed by atoms with Gasteiger partial charge in [-0.15, -0.1) is 0 Å². The Morgan fingerprint density at radius 3 is 2.38 bits per heavy atom. The lowest BCUT2D eigenvalue weighted by atomic mass is 9.76. The van der Waals surface area contributed by atoms with Gasteiger partial charge in [-0.3, -0.25) is 9.59 Å². The Morgan fingerprint density at radius 2 is 1.83 bits per heavy atom. The van der Waals surface area contributed by atoms with Gasteiger partial charge in [0.25, 0.3) is 0 Å². The largest absolute Gasteiger partial charge is 0.335 e. The van der Waals surface area contributed by atoms with E-state index in [9.17, 15) is 18.0 Å². The Bertz CT molecular complexity index is 936. The zero-order valence-corrected chi connectivity index (χ0v) is 17.9. The maximum absolute atomic E-state index is 12.6. The number of nitrogens with zero attached hydrogens (tertiary/aromatic N) is 3. The van der Waals surface area contributed by atoms with Gasteiger partial charge in [-0.1, -0.05) is 12.1 Å². The molecule has 1 saturated carbocycles. The molecule has 29 heavy (non-hydrogen) atoms. The van der Waals surface area contributed by atoms with Gasteiger partial charge in [0.05, 0.1) is 23.0 Å². The molecule has 2 aliphatic rings. The number of amides is 2. The van der Waals surface area contributed by atoms with Crippen molar-refractivity contribution in [3.63, 3.8) is 0 Å². The molecule has 1 saturated heterocycles. The molecular formula is C21H27N3O4S. The van der Waals surface area contributed by atoms with Crippen LogP contribution in [0.1, 0.15) is 51.0 Å². The van der Waals surface area contributed by atoms with Gasteiger partial charge in [0.1, 0.15) is 6.42 Å². The monoisotopic (exact) mass is 417 g/mol. The number of sulfone groups is 1. The van der Waals surface area contributed by atoms with Crippen molar-refractivity contribution in [2.75, 3.05) is 12.8 Å². The summed E-state index contributed by atoms with van der Waals surface area (Å²) in [5.74, 6) is -0.00840. The minimum atomic E-state index is -3.25. The molecule has 1 heterocycles. The predicted octanol–water partition coefficient (Wildman–Crippen LogP) is 2.09. The Morgan fingerprint density at radius 1 is 1.17 bits per heavy atom. The fourth-order valence-corrected chi connectivity index (χ4v) is 5.55. The van der Waals surface area contributed by atoms with Crippen molar-refractivity contribution < 1.29 is 18.0 Å². The summed E-state index contributed by atoms with van der Waals surface area (Å²) in [4.78, 5) is 28.8. The lowest BCUT2D eigenvalue weighted by Gasteiger charge is -2.54. The van der Waals surface area contributed by atoms with Crippen LogP contribution in [0.4, 0.5) is 0 Å². The first-order chi connectivity index (χ1) is 13.6. The van der Waals surface area contributed by atoms with Crippen LogP contribution in [0.3, 0.4) is 0 Å². The molecule has 2 fully saturated rings.